The third kappa shape index (κ3) is 4.25. The monoisotopic (exact) mass is 381 g/mol. The molecule has 0 unspecified atom stereocenters. The highest BCUT2D eigenvalue weighted by molar-refractivity contribution is 6.30. The number of amides is 1. The van der Waals surface area contributed by atoms with Gasteiger partial charge < -0.3 is 14.8 Å². The zero-order chi connectivity index (χ0) is 18.7. The summed E-state index contributed by atoms with van der Waals surface area (Å²) in [6, 6.07) is 11.5. The van der Waals surface area contributed by atoms with Crippen molar-refractivity contribution in [2.75, 3.05) is 7.11 Å². The molecular formula is C19H18ClF2NO3. The first-order valence-electron chi connectivity index (χ1n) is 8.17. The number of ether oxygens (including phenoxy) is 2. The quantitative estimate of drug-likeness (QED) is 0.747. The van der Waals surface area contributed by atoms with Gasteiger partial charge in [0.2, 0.25) is 0 Å². The largest absolute Gasteiger partial charge is 0.493 e. The number of rotatable bonds is 7. The van der Waals surface area contributed by atoms with E-state index in [0.29, 0.717) is 10.9 Å². The van der Waals surface area contributed by atoms with Gasteiger partial charge in [-0.1, -0.05) is 29.8 Å². The van der Waals surface area contributed by atoms with Gasteiger partial charge in [-0.3, -0.25) is 4.79 Å². The van der Waals surface area contributed by atoms with Crippen LogP contribution in [-0.4, -0.2) is 19.6 Å². The van der Waals surface area contributed by atoms with Gasteiger partial charge in [0.05, 0.1) is 18.7 Å². The maximum absolute atomic E-state index is 12.8. The molecule has 1 N–H and O–H groups in total. The van der Waals surface area contributed by atoms with E-state index in [9.17, 15) is 13.6 Å². The van der Waals surface area contributed by atoms with E-state index in [1.54, 1.807) is 18.2 Å². The van der Waals surface area contributed by atoms with Crippen LogP contribution in [0.4, 0.5) is 8.78 Å². The van der Waals surface area contributed by atoms with E-state index in [4.69, 9.17) is 16.3 Å². The van der Waals surface area contributed by atoms with Gasteiger partial charge in [-0.25, -0.2) is 0 Å². The van der Waals surface area contributed by atoms with E-state index in [-0.39, 0.29) is 23.1 Å². The SMILES string of the molecule is COc1cccc(C(=O)N[C@H](c2ccc(Cl)cc2)C2CC2)c1OC(F)F. The zero-order valence-corrected chi connectivity index (χ0v) is 14.8. The van der Waals surface area contributed by atoms with E-state index >= 15 is 0 Å². The van der Waals surface area contributed by atoms with Crippen molar-refractivity contribution in [3.05, 3.63) is 58.6 Å². The van der Waals surface area contributed by atoms with Crippen LogP contribution in [-0.2, 0) is 0 Å². The van der Waals surface area contributed by atoms with Crippen molar-refractivity contribution in [3.8, 4) is 11.5 Å². The Morgan fingerprint density at radius 2 is 1.88 bits per heavy atom. The maximum Gasteiger partial charge on any atom is 0.387 e. The van der Waals surface area contributed by atoms with Gasteiger partial charge >= 0.3 is 6.61 Å². The van der Waals surface area contributed by atoms with Gasteiger partial charge in [-0.15, -0.1) is 0 Å². The molecule has 0 aliphatic heterocycles. The highest BCUT2D eigenvalue weighted by Crippen LogP contribution is 2.42. The second kappa shape index (κ2) is 7.91. The van der Waals surface area contributed by atoms with Crippen LogP contribution in [0.5, 0.6) is 11.5 Å². The van der Waals surface area contributed by atoms with Crippen molar-refractivity contribution in [2.45, 2.75) is 25.5 Å². The van der Waals surface area contributed by atoms with E-state index in [1.165, 1.54) is 19.2 Å². The highest BCUT2D eigenvalue weighted by atomic mass is 35.5. The van der Waals surface area contributed by atoms with Crippen LogP contribution in [0.15, 0.2) is 42.5 Å². The average molecular weight is 382 g/mol. The molecule has 1 atom stereocenters. The van der Waals surface area contributed by atoms with Crippen molar-refractivity contribution in [1.29, 1.82) is 0 Å². The molecule has 1 saturated carbocycles. The van der Waals surface area contributed by atoms with Crippen molar-refractivity contribution < 1.29 is 23.0 Å². The standard InChI is InChI=1S/C19H18ClF2NO3/c1-25-15-4-2-3-14(17(15)26-19(21)22)18(24)23-16(11-5-6-11)12-7-9-13(20)10-8-12/h2-4,7-11,16,19H,5-6H2,1H3,(H,23,24)/t16-/m0/s1. The topological polar surface area (TPSA) is 47.6 Å². The Labute approximate surface area is 155 Å². The number of hydrogen-bond acceptors (Lipinski definition) is 3. The van der Waals surface area contributed by atoms with Gasteiger partial charge in [0.15, 0.2) is 11.5 Å². The Morgan fingerprint density at radius 3 is 2.46 bits per heavy atom. The molecule has 138 valence electrons. The number of nitrogens with one attached hydrogen (secondary N) is 1. The maximum atomic E-state index is 12.8. The van der Waals surface area contributed by atoms with Crippen molar-refractivity contribution in [1.82, 2.24) is 5.32 Å². The third-order valence-electron chi connectivity index (χ3n) is 4.26. The first kappa shape index (κ1) is 18.5. The Hall–Kier alpha value is -2.34. The lowest BCUT2D eigenvalue weighted by atomic mass is 10.0. The van der Waals surface area contributed by atoms with Crippen molar-refractivity contribution in [2.24, 2.45) is 5.92 Å². The summed E-state index contributed by atoms with van der Waals surface area (Å²) in [6.07, 6.45) is 1.98. The number of para-hydroxylation sites is 1. The molecule has 1 fully saturated rings. The molecule has 0 bridgehead atoms. The molecule has 3 rings (SSSR count). The van der Waals surface area contributed by atoms with Crippen LogP contribution in [0.2, 0.25) is 5.02 Å². The van der Waals surface area contributed by atoms with E-state index in [0.717, 1.165) is 18.4 Å². The average Bonchev–Trinajstić information content (AvgIpc) is 3.45. The Kier molecular flexibility index (Phi) is 5.61. The number of methoxy groups -OCH3 is 1. The number of halogens is 3. The molecule has 0 heterocycles. The Morgan fingerprint density at radius 1 is 1.19 bits per heavy atom. The lowest BCUT2D eigenvalue weighted by Crippen LogP contribution is -2.30. The molecule has 2 aromatic rings. The van der Waals surface area contributed by atoms with Gasteiger partial charge in [0.25, 0.3) is 5.91 Å². The fourth-order valence-corrected chi connectivity index (χ4v) is 2.98. The summed E-state index contributed by atoms with van der Waals surface area (Å²) >= 11 is 5.93. The Bertz CT molecular complexity index is 779. The summed E-state index contributed by atoms with van der Waals surface area (Å²) in [5.41, 5.74) is 0.925. The lowest BCUT2D eigenvalue weighted by molar-refractivity contribution is -0.0515. The van der Waals surface area contributed by atoms with Crippen LogP contribution in [0.3, 0.4) is 0 Å². The third-order valence-corrected chi connectivity index (χ3v) is 4.51. The molecule has 1 amide bonds. The zero-order valence-electron chi connectivity index (χ0n) is 14.0. The normalized spacial score (nSPS) is 14.8. The first-order chi connectivity index (χ1) is 12.5. The molecule has 0 spiro atoms. The summed E-state index contributed by atoms with van der Waals surface area (Å²) in [5.74, 6) is -0.378. The molecular weight excluding hydrogens is 364 g/mol. The molecule has 4 nitrogen and oxygen atoms in total. The molecule has 1 aliphatic rings. The van der Waals surface area contributed by atoms with E-state index in [2.05, 4.69) is 10.1 Å². The van der Waals surface area contributed by atoms with Crippen molar-refractivity contribution in [3.63, 3.8) is 0 Å². The smallest absolute Gasteiger partial charge is 0.387 e. The van der Waals surface area contributed by atoms with Crippen LogP contribution >= 0.6 is 11.6 Å². The van der Waals surface area contributed by atoms with Crippen LogP contribution in [0.1, 0.15) is 34.8 Å². The minimum atomic E-state index is -3.06. The van der Waals surface area contributed by atoms with Gasteiger partial charge in [0.1, 0.15) is 0 Å². The van der Waals surface area contributed by atoms with Crippen LogP contribution < -0.4 is 14.8 Å². The van der Waals surface area contributed by atoms with Gasteiger partial charge in [0, 0.05) is 5.02 Å². The molecule has 2 aromatic carbocycles. The summed E-state index contributed by atoms with van der Waals surface area (Å²) in [6.45, 7) is -3.06. The number of carbonyl (C=O) groups is 1. The fraction of sp³-hybridized carbons (Fsp3) is 0.316. The van der Waals surface area contributed by atoms with Gasteiger partial charge in [-0.2, -0.15) is 8.78 Å². The minimum absolute atomic E-state index is 0.00395. The minimum Gasteiger partial charge on any atom is -0.493 e. The lowest BCUT2D eigenvalue weighted by Gasteiger charge is -2.20. The summed E-state index contributed by atoms with van der Waals surface area (Å²) in [5, 5.41) is 3.54. The van der Waals surface area contributed by atoms with Crippen LogP contribution in [0.25, 0.3) is 0 Å². The van der Waals surface area contributed by atoms with E-state index < -0.39 is 12.5 Å². The molecule has 26 heavy (non-hydrogen) atoms. The molecule has 1 aliphatic carbocycles. The summed E-state index contributed by atoms with van der Waals surface area (Å²) < 4.78 is 35.1. The summed E-state index contributed by atoms with van der Waals surface area (Å²) in [4.78, 5) is 12.8. The van der Waals surface area contributed by atoms with E-state index in [1.807, 2.05) is 12.1 Å². The number of hydrogen-bond donors (Lipinski definition) is 1. The molecule has 0 aromatic heterocycles. The first-order valence-corrected chi connectivity index (χ1v) is 8.55. The predicted molar refractivity (Wildman–Crippen MR) is 94.0 cm³/mol. The van der Waals surface area contributed by atoms with Crippen LogP contribution in [0, 0.1) is 5.92 Å². The van der Waals surface area contributed by atoms with Crippen molar-refractivity contribution >= 4 is 17.5 Å². The number of benzene rings is 2. The predicted octanol–water partition coefficient (Wildman–Crippen LogP) is 4.83. The summed E-state index contributed by atoms with van der Waals surface area (Å²) in [7, 11) is 1.33. The Balaban J connectivity index is 1.87. The second-order valence-electron chi connectivity index (χ2n) is 6.06. The second-order valence-corrected chi connectivity index (χ2v) is 6.49. The molecule has 0 saturated heterocycles. The number of alkyl halides is 2. The highest BCUT2D eigenvalue weighted by Gasteiger charge is 2.34. The number of carbonyl (C=O) groups excluding carboxylic acids is 1. The van der Waals surface area contributed by atoms with Gasteiger partial charge in [-0.05, 0) is 48.6 Å². The molecule has 0 radical (unpaired) electrons. The fourth-order valence-electron chi connectivity index (χ4n) is 2.86. The molecule has 7 heteroatoms.